The second-order valence-electron chi connectivity index (χ2n) is 2.08. The van der Waals surface area contributed by atoms with Crippen molar-refractivity contribution in [2.75, 3.05) is 0 Å². The molecule has 0 aliphatic rings. The predicted octanol–water partition coefficient (Wildman–Crippen LogP) is -0.530. The third-order valence-corrected chi connectivity index (χ3v) is 2.07. The summed E-state index contributed by atoms with van der Waals surface area (Å²) in [6.45, 7) is 0. The number of hydrogen-bond acceptors (Lipinski definition) is 2. The van der Waals surface area contributed by atoms with E-state index in [1.165, 1.54) is 6.07 Å². The Balaban J connectivity index is 3.32. The maximum atomic E-state index is 9.23. The second-order valence-corrected chi connectivity index (χ2v) is 3.10. The first-order valence-electron chi connectivity index (χ1n) is 2.98. The first-order chi connectivity index (χ1) is 5.13. The fourth-order valence-electron chi connectivity index (χ4n) is 0.804. The molecule has 0 unspecified atom stereocenters. The van der Waals surface area contributed by atoms with E-state index in [9.17, 15) is 5.11 Å². The fourth-order valence-corrected chi connectivity index (χ4v) is 1.48. The van der Waals surface area contributed by atoms with Gasteiger partial charge in [-0.05, 0) is 0 Å². The molecule has 0 spiro atoms. The molecule has 1 aromatic carbocycles. The molecule has 0 saturated heterocycles. The molecule has 0 aliphatic heterocycles. The molecule has 0 atom stereocenters. The summed E-state index contributed by atoms with van der Waals surface area (Å²) in [5, 5.41) is 16.4. The zero-order valence-corrected chi connectivity index (χ0v) is 7.58. The van der Waals surface area contributed by atoms with Crippen LogP contribution in [0.5, 0.6) is 5.75 Å². The zero-order valence-electron chi connectivity index (χ0n) is 5.70. The van der Waals surface area contributed by atoms with Gasteiger partial charge in [0.1, 0.15) is 0 Å². The number of benzene rings is 1. The first-order valence-corrected chi connectivity index (χ1v) is 3.92. The molecule has 4 N–H and O–H groups in total. The number of phenols is 1. The van der Waals surface area contributed by atoms with Crippen molar-refractivity contribution < 1.29 is 5.11 Å². The van der Waals surface area contributed by atoms with E-state index in [0.717, 1.165) is 4.35 Å². The number of phenolic OH excluding ortho intramolecular Hbond substituents is 1. The van der Waals surface area contributed by atoms with Gasteiger partial charge in [0, 0.05) is 0 Å². The van der Waals surface area contributed by atoms with Gasteiger partial charge in [-0.1, -0.05) is 0 Å². The average Bonchev–Trinajstić information content (AvgIpc) is 1.85. The summed E-state index contributed by atoms with van der Waals surface area (Å²) < 4.78 is 0.755. The third-order valence-electron chi connectivity index (χ3n) is 1.29. The van der Waals surface area contributed by atoms with Gasteiger partial charge in [0.05, 0.1) is 0 Å². The molecule has 1 rings (SSSR count). The number of nitrogens with one attached hydrogen (secondary N) is 1. The molecular weight excluding hydrogens is 203 g/mol. The first kappa shape index (κ1) is 8.15. The maximum absolute atomic E-state index is 9.23. The van der Waals surface area contributed by atoms with Crippen LogP contribution in [-0.2, 0) is 0 Å². The molecule has 3 nitrogen and oxygen atoms in total. The molecule has 56 valence electrons. The van der Waals surface area contributed by atoms with E-state index in [4.69, 9.17) is 11.1 Å². The number of hydrogen-bond donors (Lipinski definition) is 3. The molecule has 4 heteroatoms. The quantitative estimate of drug-likeness (QED) is 0.331. The monoisotopic (exact) mass is 210 g/mol. The summed E-state index contributed by atoms with van der Waals surface area (Å²) in [5.74, 6) is -0.0608. The molecular formula is C7H7AsN2O. The molecule has 0 aromatic heterocycles. The molecule has 0 aliphatic carbocycles. The van der Waals surface area contributed by atoms with Crippen LogP contribution in [0.25, 0.3) is 0 Å². The average molecular weight is 210 g/mol. The summed E-state index contributed by atoms with van der Waals surface area (Å²) in [4.78, 5) is 0. The van der Waals surface area contributed by atoms with Gasteiger partial charge in [0.25, 0.3) is 0 Å². The van der Waals surface area contributed by atoms with Crippen molar-refractivity contribution in [3.8, 4) is 5.75 Å². The van der Waals surface area contributed by atoms with Crippen LogP contribution in [0.3, 0.4) is 0 Å². The minimum absolute atomic E-state index is 0.0515. The number of aromatic hydroxyl groups is 1. The Bertz CT molecular complexity index is 278. The van der Waals surface area contributed by atoms with E-state index in [2.05, 4.69) is 16.9 Å². The Morgan fingerprint density at radius 1 is 1.55 bits per heavy atom. The van der Waals surface area contributed by atoms with Crippen LogP contribution in [0.15, 0.2) is 18.2 Å². The second kappa shape index (κ2) is 2.97. The van der Waals surface area contributed by atoms with Gasteiger partial charge in [-0.25, -0.2) is 0 Å². The molecule has 0 heterocycles. The van der Waals surface area contributed by atoms with Gasteiger partial charge in [0.15, 0.2) is 0 Å². The Labute approximate surface area is 73.2 Å². The normalized spacial score (nSPS) is 9.55. The van der Waals surface area contributed by atoms with Crippen molar-refractivity contribution in [2.24, 2.45) is 5.73 Å². The zero-order chi connectivity index (χ0) is 8.43. The Morgan fingerprint density at radius 3 is 2.55 bits per heavy atom. The summed E-state index contributed by atoms with van der Waals surface area (Å²) in [5.41, 5.74) is 5.62. The molecule has 0 fully saturated rings. The Morgan fingerprint density at radius 2 is 2.18 bits per heavy atom. The van der Waals surface area contributed by atoms with E-state index in [1.54, 1.807) is 12.1 Å². The van der Waals surface area contributed by atoms with E-state index >= 15 is 0 Å². The molecule has 11 heavy (non-hydrogen) atoms. The van der Waals surface area contributed by atoms with Crippen molar-refractivity contribution in [2.45, 2.75) is 0 Å². The molecule has 0 bridgehead atoms. The SMILES string of the molecule is N=C(N)c1c(O)cccc1[As]. The summed E-state index contributed by atoms with van der Waals surface area (Å²) in [6.07, 6.45) is 0. The number of amidine groups is 1. The topological polar surface area (TPSA) is 70.1 Å². The van der Waals surface area contributed by atoms with Crippen molar-refractivity contribution >= 4 is 27.0 Å². The van der Waals surface area contributed by atoms with E-state index in [0.29, 0.717) is 5.56 Å². The summed E-state index contributed by atoms with van der Waals surface area (Å²) in [7, 11) is 0. The van der Waals surface area contributed by atoms with Crippen molar-refractivity contribution in [3.63, 3.8) is 0 Å². The van der Waals surface area contributed by atoms with E-state index < -0.39 is 0 Å². The van der Waals surface area contributed by atoms with Gasteiger partial charge in [-0.2, -0.15) is 0 Å². The van der Waals surface area contributed by atoms with Crippen LogP contribution >= 0.6 is 0 Å². The standard InChI is InChI=1S/C7H7AsN2O/c8-4-2-1-3-5(11)6(4)7(9)10/h1-3,11H,(H3,9,10). The number of nitrogen functional groups attached to an aromatic ring is 1. The Hall–Kier alpha value is -0.952. The third kappa shape index (κ3) is 1.55. The van der Waals surface area contributed by atoms with Gasteiger partial charge in [-0.15, -0.1) is 0 Å². The van der Waals surface area contributed by atoms with Gasteiger partial charge in [-0.3, -0.25) is 0 Å². The molecule has 2 radical (unpaired) electrons. The summed E-state index contributed by atoms with van der Waals surface area (Å²) >= 11 is 2.26. The Kier molecular flexibility index (Phi) is 2.20. The van der Waals surface area contributed by atoms with Gasteiger partial charge in [0.2, 0.25) is 0 Å². The van der Waals surface area contributed by atoms with E-state index in [1.807, 2.05) is 0 Å². The van der Waals surface area contributed by atoms with E-state index in [-0.39, 0.29) is 11.6 Å². The van der Waals surface area contributed by atoms with Gasteiger partial charge >= 0.3 is 72.8 Å². The number of nitrogens with two attached hydrogens (primary N) is 1. The predicted molar refractivity (Wildman–Crippen MR) is 44.5 cm³/mol. The van der Waals surface area contributed by atoms with Crippen LogP contribution in [0.4, 0.5) is 0 Å². The van der Waals surface area contributed by atoms with Gasteiger partial charge < -0.3 is 0 Å². The van der Waals surface area contributed by atoms with Crippen LogP contribution in [0, 0.1) is 5.41 Å². The van der Waals surface area contributed by atoms with Crippen LogP contribution in [-0.4, -0.2) is 27.8 Å². The summed E-state index contributed by atoms with van der Waals surface area (Å²) in [6, 6.07) is 4.99. The molecule has 0 saturated carbocycles. The van der Waals surface area contributed by atoms with Crippen LogP contribution in [0.1, 0.15) is 5.56 Å². The van der Waals surface area contributed by atoms with Crippen LogP contribution < -0.4 is 10.1 Å². The minimum atomic E-state index is -0.112. The molecule has 0 amide bonds. The molecule has 1 aromatic rings. The van der Waals surface area contributed by atoms with Crippen molar-refractivity contribution in [1.82, 2.24) is 0 Å². The van der Waals surface area contributed by atoms with Crippen molar-refractivity contribution in [3.05, 3.63) is 23.8 Å². The van der Waals surface area contributed by atoms with Crippen LogP contribution in [0.2, 0.25) is 0 Å². The van der Waals surface area contributed by atoms with Crippen molar-refractivity contribution in [1.29, 1.82) is 5.41 Å². The fraction of sp³-hybridized carbons (Fsp3) is 0. The number of rotatable bonds is 1.